The second-order valence-corrected chi connectivity index (χ2v) is 6.64. The molecule has 1 aromatic rings. The molecular formula is C18H21F3. The quantitative estimate of drug-likeness (QED) is 0.492. The maximum Gasteiger partial charge on any atom is 0.194 e. The van der Waals surface area contributed by atoms with E-state index in [1.165, 1.54) is 31.4 Å². The molecule has 0 aromatic heterocycles. The summed E-state index contributed by atoms with van der Waals surface area (Å²) in [5.41, 5.74) is 0.621. The summed E-state index contributed by atoms with van der Waals surface area (Å²) in [6, 6.07) is 2.36. The summed E-state index contributed by atoms with van der Waals surface area (Å²) >= 11 is 0. The summed E-state index contributed by atoms with van der Waals surface area (Å²) in [7, 11) is 0. The Labute approximate surface area is 124 Å². The molecule has 3 rings (SSSR count). The highest BCUT2D eigenvalue weighted by Gasteiger charge is 2.35. The van der Waals surface area contributed by atoms with Crippen molar-refractivity contribution in [2.24, 2.45) is 17.8 Å². The molecule has 0 spiro atoms. The molecule has 21 heavy (non-hydrogen) atoms. The van der Waals surface area contributed by atoms with Crippen molar-refractivity contribution in [3.63, 3.8) is 0 Å². The van der Waals surface area contributed by atoms with Crippen molar-refractivity contribution in [2.45, 2.75) is 44.4 Å². The predicted octanol–water partition coefficient (Wildman–Crippen LogP) is 5.59. The lowest BCUT2D eigenvalue weighted by atomic mass is 9.64. The van der Waals surface area contributed by atoms with Crippen LogP contribution in [0.3, 0.4) is 0 Å². The van der Waals surface area contributed by atoms with Crippen LogP contribution in [0.25, 0.3) is 0 Å². The first-order valence-electron chi connectivity index (χ1n) is 7.85. The van der Waals surface area contributed by atoms with E-state index in [4.69, 9.17) is 0 Å². The second-order valence-electron chi connectivity index (χ2n) is 6.64. The molecule has 114 valence electrons. The van der Waals surface area contributed by atoms with Gasteiger partial charge >= 0.3 is 0 Å². The first kappa shape index (κ1) is 14.7. The summed E-state index contributed by atoms with van der Waals surface area (Å²) in [6.07, 6.45) is 8.61. The van der Waals surface area contributed by atoms with Gasteiger partial charge in [0.2, 0.25) is 0 Å². The number of rotatable bonds is 2. The van der Waals surface area contributed by atoms with E-state index >= 15 is 0 Å². The van der Waals surface area contributed by atoms with Crippen molar-refractivity contribution in [3.05, 3.63) is 47.8 Å². The fourth-order valence-electron chi connectivity index (χ4n) is 4.25. The normalized spacial score (nSPS) is 32.5. The predicted molar refractivity (Wildman–Crippen MR) is 77.4 cm³/mol. The molecule has 0 N–H and O–H groups in total. The molecule has 4 unspecified atom stereocenters. The fourth-order valence-corrected chi connectivity index (χ4v) is 4.25. The number of hydrogen-bond acceptors (Lipinski definition) is 0. The number of allylic oxidation sites excluding steroid dienone is 1. The third kappa shape index (κ3) is 2.88. The molecule has 0 bridgehead atoms. The molecule has 0 amide bonds. The lowest BCUT2D eigenvalue weighted by molar-refractivity contribution is 0.133. The van der Waals surface area contributed by atoms with Crippen LogP contribution in [0.4, 0.5) is 13.2 Å². The average Bonchev–Trinajstić information content (AvgIpc) is 2.51. The standard InChI is InChI=1S/C18H21F3/c1-2-11-3-4-13-8-14(6-5-12(13)7-11)15-9-16(19)18(21)17(20)10-15/h2,9-14H,1,3-8H2. The zero-order chi connectivity index (χ0) is 15.0. The van der Waals surface area contributed by atoms with Crippen molar-refractivity contribution >= 4 is 0 Å². The van der Waals surface area contributed by atoms with Crippen LogP contribution in [-0.2, 0) is 0 Å². The van der Waals surface area contributed by atoms with Crippen LogP contribution in [-0.4, -0.2) is 0 Å². The van der Waals surface area contributed by atoms with Crippen LogP contribution in [0.1, 0.15) is 50.0 Å². The van der Waals surface area contributed by atoms with Crippen molar-refractivity contribution < 1.29 is 13.2 Å². The van der Waals surface area contributed by atoms with E-state index in [2.05, 4.69) is 12.7 Å². The van der Waals surface area contributed by atoms with Gasteiger partial charge in [0.1, 0.15) is 0 Å². The van der Waals surface area contributed by atoms with Crippen LogP contribution in [0.15, 0.2) is 24.8 Å². The molecule has 2 aliphatic rings. The van der Waals surface area contributed by atoms with Gasteiger partial charge in [0, 0.05) is 0 Å². The van der Waals surface area contributed by atoms with Crippen LogP contribution >= 0.6 is 0 Å². The highest BCUT2D eigenvalue weighted by Crippen LogP contribution is 2.47. The molecule has 0 radical (unpaired) electrons. The van der Waals surface area contributed by atoms with Crippen molar-refractivity contribution in [2.75, 3.05) is 0 Å². The van der Waals surface area contributed by atoms with Gasteiger partial charge in [-0.3, -0.25) is 0 Å². The lowest BCUT2D eigenvalue weighted by Crippen LogP contribution is -2.30. The van der Waals surface area contributed by atoms with Gasteiger partial charge in [0.05, 0.1) is 0 Å². The first-order chi connectivity index (χ1) is 10.1. The van der Waals surface area contributed by atoms with Gasteiger partial charge in [-0.2, -0.15) is 0 Å². The molecule has 0 heterocycles. The minimum Gasteiger partial charge on any atom is -0.204 e. The Morgan fingerprint density at radius 2 is 1.52 bits per heavy atom. The Morgan fingerprint density at radius 3 is 2.19 bits per heavy atom. The topological polar surface area (TPSA) is 0 Å². The molecule has 2 fully saturated rings. The number of benzene rings is 1. The van der Waals surface area contributed by atoms with E-state index in [0.29, 0.717) is 23.3 Å². The van der Waals surface area contributed by atoms with Gasteiger partial charge in [0.25, 0.3) is 0 Å². The third-order valence-electron chi connectivity index (χ3n) is 5.46. The lowest BCUT2D eigenvalue weighted by Gasteiger charge is -2.41. The maximum atomic E-state index is 13.4. The number of halogens is 3. The summed E-state index contributed by atoms with van der Waals surface area (Å²) < 4.78 is 39.9. The van der Waals surface area contributed by atoms with E-state index in [-0.39, 0.29) is 5.92 Å². The van der Waals surface area contributed by atoms with Gasteiger partial charge < -0.3 is 0 Å². The Balaban J connectivity index is 1.74. The van der Waals surface area contributed by atoms with E-state index in [1.807, 2.05) is 0 Å². The van der Waals surface area contributed by atoms with Crippen molar-refractivity contribution in [3.8, 4) is 0 Å². The van der Waals surface area contributed by atoms with E-state index in [1.54, 1.807) is 0 Å². The Hall–Kier alpha value is -1.25. The summed E-state index contributed by atoms with van der Waals surface area (Å²) in [4.78, 5) is 0. The minimum absolute atomic E-state index is 0.163. The molecule has 0 nitrogen and oxygen atoms in total. The van der Waals surface area contributed by atoms with Crippen LogP contribution < -0.4 is 0 Å². The van der Waals surface area contributed by atoms with E-state index in [9.17, 15) is 13.2 Å². The Bertz CT molecular complexity index is 514. The van der Waals surface area contributed by atoms with Gasteiger partial charge in [-0.25, -0.2) is 13.2 Å². The summed E-state index contributed by atoms with van der Waals surface area (Å²) in [6.45, 7) is 3.89. The molecule has 1 aromatic carbocycles. The average molecular weight is 294 g/mol. The van der Waals surface area contributed by atoms with Crippen LogP contribution in [0, 0.1) is 35.2 Å². The summed E-state index contributed by atoms with van der Waals surface area (Å²) in [5, 5.41) is 0. The molecule has 0 saturated heterocycles. The zero-order valence-corrected chi connectivity index (χ0v) is 12.1. The summed E-state index contributed by atoms with van der Waals surface area (Å²) in [5.74, 6) is -1.35. The molecule has 0 aliphatic heterocycles. The molecular weight excluding hydrogens is 273 g/mol. The van der Waals surface area contributed by atoms with Crippen molar-refractivity contribution in [1.82, 2.24) is 0 Å². The number of hydrogen-bond donors (Lipinski definition) is 0. The van der Waals surface area contributed by atoms with Gasteiger partial charge in [-0.1, -0.05) is 6.08 Å². The monoisotopic (exact) mass is 294 g/mol. The minimum atomic E-state index is -1.36. The van der Waals surface area contributed by atoms with Gasteiger partial charge in [-0.15, -0.1) is 6.58 Å². The highest BCUT2D eigenvalue weighted by atomic mass is 19.2. The second kappa shape index (κ2) is 5.86. The molecule has 4 atom stereocenters. The molecule has 2 aliphatic carbocycles. The van der Waals surface area contributed by atoms with E-state index in [0.717, 1.165) is 19.3 Å². The largest absolute Gasteiger partial charge is 0.204 e. The van der Waals surface area contributed by atoms with E-state index < -0.39 is 17.5 Å². The maximum absolute atomic E-state index is 13.4. The van der Waals surface area contributed by atoms with Crippen LogP contribution in [0.2, 0.25) is 0 Å². The third-order valence-corrected chi connectivity index (χ3v) is 5.46. The van der Waals surface area contributed by atoms with Gasteiger partial charge in [-0.05, 0) is 79.9 Å². The first-order valence-corrected chi connectivity index (χ1v) is 7.85. The Morgan fingerprint density at radius 1 is 0.905 bits per heavy atom. The van der Waals surface area contributed by atoms with Gasteiger partial charge in [0.15, 0.2) is 17.5 Å². The number of fused-ring (bicyclic) bond motifs is 1. The zero-order valence-electron chi connectivity index (χ0n) is 12.1. The SMILES string of the molecule is C=CC1CCC2CC(c3cc(F)c(F)c(F)c3)CCC2C1. The Kier molecular flexibility index (Phi) is 4.10. The molecule has 2 saturated carbocycles. The van der Waals surface area contributed by atoms with Crippen molar-refractivity contribution in [1.29, 1.82) is 0 Å². The van der Waals surface area contributed by atoms with Crippen LogP contribution in [0.5, 0.6) is 0 Å². The fraction of sp³-hybridized carbons (Fsp3) is 0.556. The molecule has 3 heteroatoms. The smallest absolute Gasteiger partial charge is 0.194 e. The highest BCUT2D eigenvalue weighted by molar-refractivity contribution is 5.24.